The molecular formula is C14H20N2O4. The lowest BCUT2D eigenvalue weighted by molar-refractivity contribution is -0.119. The third-order valence-corrected chi connectivity index (χ3v) is 2.32. The lowest BCUT2D eigenvalue weighted by Crippen LogP contribution is -2.26. The second-order valence-electron chi connectivity index (χ2n) is 4.11. The van der Waals surface area contributed by atoms with Gasteiger partial charge in [0.1, 0.15) is 13.2 Å². The van der Waals surface area contributed by atoms with Crippen molar-refractivity contribution in [1.29, 1.82) is 0 Å². The van der Waals surface area contributed by atoms with Gasteiger partial charge in [-0.15, -0.1) is 0 Å². The molecule has 20 heavy (non-hydrogen) atoms. The Morgan fingerprint density at radius 1 is 0.900 bits per heavy atom. The first-order valence-corrected chi connectivity index (χ1v) is 6.43. The summed E-state index contributed by atoms with van der Waals surface area (Å²) in [4.78, 5) is 21.5. The van der Waals surface area contributed by atoms with Crippen LogP contribution in [-0.2, 0) is 9.59 Å². The van der Waals surface area contributed by atoms with Crippen LogP contribution in [0.3, 0.4) is 0 Å². The highest BCUT2D eigenvalue weighted by Gasteiger charge is 2.04. The van der Waals surface area contributed by atoms with Gasteiger partial charge in [-0.3, -0.25) is 9.59 Å². The zero-order valence-corrected chi connectivity index (χ0v) is 11.8. The van der Waals surface area contributed by atoms with Crippen LogP contribution in [0.2, 0.25) is 0 Å². The number of carbonyl (C=O) groups excluding carboxylic acids is 2. The molecule has 0 saturated heterocycles. The molecule has 1 aromatic carbocycles. The molecule has 0 aliphatic rings. The molecule has 0 saturated carbocycles. The number of carbonyl (C=O) groups is 2. The number of para-hydroxylation sites is 2. The Kier molecular flexibility index (Phi) is 6.95. The van der Waals surface area contributed by atoms with E-state index in [1.807, 2.05) is 12.1 Å². The molecule has 0 bridgehead atoms. The minimum atomic E-state index is -0.0894. The highest BCUT2D eigenvalue weighted by molar-refractivity contribution is 5.73. The monoisotopic (exact) mass is 280 g/mol. The van der Waals surface area contributed by atoms with Crippen molar-refractivity contribution in [2.75, 3.05) is 26.3 Å². The van der Waals surface area contributed by atoms with Crippen LogP contribution in [0.1, 0.15) is 13.8 Å². The quantitative estimate of drug-likeness (QED) is 0.688. The molecule has 1 aromatic rings. The summed E-state index contributed by atoms with van der Waals surface area (Å²) in [5.41, 5.74) is 0. The summed E-state index contributed by atoms with van der Waals surface area (Å²) in [6.07, 6.45) is 0. The second-order valence-corrected chi connectivity index (χ2v) is 4.11. The SMILES string of the molecule is CC(=O)NCCOc1ccccc1OCCNC(C)=O. The Morgan fingerprint density at radius 3 is 1.65 bits per heavy atom. The highest BCUT2D eigenvalue weighted by Crippen LogP contribution is 2.25. The zero-order valence-electron chi connectivity index (χ0n) is 11.8. The number of hydrogen-bond acceptors (Lipinski definition) is 4. The van der Waals surface area contributed by atoms with Gasteiger partial charge in [0.2, 0.25) is 11.8 Å². The van der Waals surface area contributed by atoms with Gasteiger partial charge < -0.3 is 20.1 Å². The normalized spacial score (nSPS) is 9.70. The van der Waals surface area contributed by atoms with Crippen molar-refractivity contribution in [3.8, 4) is 11.5 Å². The maximum absolute atomic E-state index is 10.7. The average molecular weight is 280 g/mol. The fourth-order valence-electron chi connectivity index (χ4n) is 1.46. The molecule has 0 aromatic heterocycles. The molecular weight excluding hydrogens is 260 g/mol. The van der Waals surface area contributed by atoms with Crippen LogP contribution in [0.5, 0.6) is 11.5 Å². The Morgan fingerprint density at radius 2 is 1.30 bits per heavy atom. The van der Waals surface area contributed by atoms with Crippen LogP contribution in [0.25, 0.3) is 0 Å². The molecule has 2 N–H and O–H groups in total. The number of hydrogen-bond donors (Lipinski definition) is 2. The van der Waals surface area contributed by atoms with Crippen molar-refractivity contribution < 1.29 is 19.1 Å². The summed E-state index contributed by atoms with van der Waals surface area (Å²) in [5, 5.41) is 5.30. The van der Waals surface area contributed by atoms with Crippen LogP contribution in [0.15, 0.2) is 24.3 Å². The highest BCUT2D eigenvalue weighted by atomic mass is 16.5. The van der Waals surface area contributed by atoms with E-state index < -0.39 is 0 Å². The van der Waals surface area contributed by atoms with Gasteiger partial charge in [-0.1, -0.05) is 12.1 Å². The molecule has 2 amide bonds. The topological polar surface area (TPSA) is 76.7 Å². The van der Waals surface area contributed by atoms with E-state index in [1.54, 1.807) is 12.1 Å². The number of ether oxygens (including phenoxy) is 2. The van der Waals surface area contributed by atoms with Crippen LogP contribution in [-0.4, -0.2) is 38.1 Å². The number of nitrogens with one attached hydrogen (secondary N) is 2. The minimum Gasteiger partial charge on any atom is -0.488 e. The van der Waals surface area contributed by atoms with Crippen molar-refractivity contribution in [1.82, 2.24) is 10.6 Å². The third kappa shape index (κ3) is 6.63. The molecule has 0 fully saturated rings. The van der Waals surface area contributed by atoms with E-state index in [4.69, 9.17) is 9.47 Å². The van der Waals surface area contributed by atoms with Crippen LogP contribution in [0.4, 0.5) is 0 Å². The predicted octanol–water partition coefficient (Wildman–Crippen LogP) is 0.716. The fraction of sp³-hybridized carbons (Fsp3) is 0.429. The van der Waals surface area contributed by atoms with Gasteiger partial charge in [-0.2, -0.15) is 0 Å². The molecule has 0 spiro atoms. The number of benzene rings is 1. The third-order valence-electron chi connectivity index (χ3n) is 2.32. The molecule has 0 unspecified atom stereocenters. The Labute approximate surface area is 118 Å². The Bertz CT molecular complexity index is 408. The number of rotatable bonds is 8. The molecule has 0 aliphatic heterocycles. The van der Waals surface area contributed by atoms with Gasteiger partial charge >= 0.3 is 0 Å². The van der Waals surface area contributed by atoms with Gasteiger partial charge in [0.15, 0.2) is 11.5 Å². The zero-order chi connectivity index (χ0) is 14.8. The van der Waals surface area contributed by atoms with E-state index in [1.165, 1.54) is 13.8 Å². The van der Waals surface area contributed by atoms with Gasteiger partial charge in [0.25, 0.3) is 0 Å². The Balaban J connectivity index is 2.38. The molecule has 6 heteroatoms. The maximum Gasteiger partial charge on any atom is 0.216 e. The van der Waals surface area contributed by atoms with E-state index in [9.17, 15) is 9.59 Å². The summed E-state index contributed by atoms with van der Waals surface area (Å²) in [7, 11) is 0. The predicted molar refractivity (Wildman–Crippen MR) is 74.8 cm³/mol. The fourth-order valence-corrected chi connectivity index (χ4v) is 1.46. The van der Waals surface area contributed by atoms with Crippen LogP contribution >= 0.6 is 0 Å². The summed E-state index contributed by atoms with van der Waals surface area (Å²) >= 11 is 0. The van der Waals surface area contributed by atoms with Gasteiger partial charge in [-0.25, -0.2) is 0 Å². The number of amides is 2. The lowest BCUT2D eigenvalue weighted by atomic mass is 10.3. The van der Waals surface area contributed by atoms with Crippen molar-refractivity contribution in [2.24, 2.45) is 0 Å². The van der Waals surface area contributed by atoms with Gasteiger partial charge in [0, 0.05) is 13.8 Å². The molecule has 0 heterocycles. The van der Waals surface area contributed by atoms with E-state index in [2.05, 4.69) is 10.6 Å². The smallest absolute Gasteiger partial charge is 0.216 e. The first-order chi connectivity index (χ1) is 9.59. The first kappa shape index (κ1) is 15.8. The molecule has 0 atom stereocenters. The van der Waals surface area contributed by atoms with E-state index >= 15 is 0 Å². The molecule has 0 aliphatic carbocycles. The largest absolute Gasteiger partial charge is 0.488 e. The van der Waals surface area contributed by atoms with E-state index in [0.717, 1.165) is 0 Å². The summed E-state index contributed by atoms with van der Waals surface area (Å²) < 4.78 is 11.1. The molecule has 0 radical (unpaired) electrons. The van der Waals surface area contributed by atoms with Gasteiger partial charge in [-0.05, 0) is 12.1 Å². The van der Waals surface area contributed by atoms with Crippen molar-refractivity contribution >= 4 is 11.8 Å². The first-order valence-electron chi connectivity index (χ1n) is 6.43. The maximum atomic E-state index is 10.7. The van der Waals surface area contributed by atoms with E-state index in [-0.39, 0.29) is 11.8 Å². The molecule has 1 rings (SSSR count). The molecule has 110 valence electrons. The van der Waals surface area contributed by atoms with Gasteiger partial charge in [0.05, 0.1) is 13.1 Å². The van der Waals surface area contributed by atoms with Crippen LogP contribution in [0, 0.1) is 0 Å². The average Bonchev–Trinajstić information content (AvgIpc) is 2.40. The summed E-state index contributed by atoms with van der Waals surface area (Å²) in [6.45, 7) is 4.53. The lowest BCUT2D eigenvalue weighted by Gasteiger charge is -2.12. The Hall–Kier alpha value is -2.24. The minimum absolute atomic E-state index is 0.0894. The van der Waals surface area contributed by atoms with Crippen LogP contribution < -0.4 is 20.1 Å². The van der Waals surface area contributed by atoms with Crippen molar-refractivity contribution in [3.63, 3.8) is 0 Å². The summed E-state index contributed by atoms with van der Waals surface area (Å²) in [5.74, 6) is 1.04. The summed E-state index contributed by atoms with van der Waals surface area (Å²) in [6, 6.07) is 7.27. The van der Waals surface area contributed by atoms with Crippen molar-refractivity contribution in [2.45, 2.75) is 13.8 Å². The van der Waals surface area contributed by atoms with Crippen molar-refractivity contribution in [3.05, 3.63) is 24.3 Å². The van der Waals surface area contributed by atoms with E-state index in [0.29, 0.717) is 37.8 Å². The standard InChI is InChI=1S/C14H20N2O4/c1-11(17)15-7-9-19-13-5-3-4-6-14(13)20-10-8-16-12(2)18/h3-6H,7-10H2,1-2H3,(H,15,17)(H,16,18). The second kappa shape index (κ2) is 8.79. The molecule has 6 nitrogen and oxygen atoms in total.